The van der Waals surface area contributed by atoms with Gasteiger partial charge in [0.25, 0.3) is 5.91 Å². The van der Waals surface area contributed by atoms with Gasteiger partial charge in [-0.15, -0.1) is 0 Å². The molecule has 0 aliphatic rings. The minimum Gasteiger partial charge on any atom is -0.505 e. The zero-order valence-electron chi connectivity index (χ0n) is 27.3. The second kappa shape index (κ2) is 16.4. The SMILES string of the molecule is Cc1ccc(Oc2cnc(C(=O)NCC(=O)OCc3ccccc3)c(O)c2)c(C)c1.Cc1ccc(Oc2cnc(C(=O)O)c(O)c2)c(C)c1. The molecule has 0 saturated carbocycles. The zero-order chi connectivity index (χ0) is 35.5. The maximum atomic E-state index is 12.2. The topological polar surface area (TPSA) is 177 Å². The van der Waals surface area contributed by atoms with Gasteiger partial charge in [0.2, 0.25) is 0 Å². The molecule has 0 fully saturated rings. The normalized spacial score (nSPS) is 10.3. The van der Waals surface area contributed by atoms with Crippen LogP contribution in [-0.2, 0) is 16.1 Å². The van der Waals surface area contributed by atoms with Gasteiger partial charge >= 0.3 is 11.9 Å². The average Bonchev–Trinajstić information content (AvgIpc) is 3.06. The van der Waals surface area contributed by atoms with Crippen LogP contribution in [0.5, 0.6) is 34.5 Å². The number of carbonyl (C=O) groups excluding carboxylic acids is 2. The Labute approximate surface area is 282 Å². The second-order valence-electron chi connectivity index (χ2n) is 11.0. The van der Waals surface area contributed by atoms with Crippen molar-refractivity contribution in [3.8, 4) is 34.5 Å². The van der Waals surface area contributed by atoms with E-state index in [0.717, 1.165) is 27.8 Å². The van der Waals surface area contributed by atoms with Gasteiger partial charge in [-0.25, -0.2) is 14.8 Å². The molecule has 12 nitrogen and oxygen atoms in total. The van der Waals surface area contributed by atoms with E-state index in [1.807, 2.05) is 94.4 Å². The maximum Gasteiger partial charge on any atom is 0.358 e. The third kappa shape index (κ3) is 10.3. The van der Waals surface area contributed by atoms with Gasteiger partial charge in [-0.1, -0.05) is 65.7 Å². The fourth-order valence-electron chi connectivity index (χ4n) is 4.43. The smallest absolute Gasteiger partial charge is 0.358 e. The molecule has 0 radical (unpaired) electrons. The first-order valence-electron chi connectivity index (χ1n) is 15.0. The Bertz CT molecular complexity index is 1960. The number of esters is 1. The third-order valence-corrected chi connectivity index (χ3v) is 6.86. The van der Waals surface area contributed by atoms with Gasteiger partial charge in [0.05, 0.1) is 12.4 Å². The van der Waals surface area contributed by atoms with Crippen molar-refractivity contribution in [3.63, 3.8) is 0 Å². The lowest BCUT2D eigenvalue weighted by molar-refractivity contribution is -0.143. The Morgan fingerprint density at radius 1 is 0.694 bits per heavy atom. The van der Waals surface area contributed by atoms with Crippen molar-refractivity contribution in [2.75, 3.05) is 6.54 Å². The van der Waals surface area contributed by atoms with Crippen LogP contribution in [0.3, 0.4) is 0 Å². The summed E-state index contributed by atoms with van der Waals surface area (Å²) in [5.41, 5.74) is 4.34. The van der Waals surface area contributed by atoms with Crippen LogP contribution in [0.4, 0.5) is 0 Å². The van der Waals surface area contributed by atoms with Crippen molar-refractivity contribution in [2.24, 2.45) is 0 Å². The molecule has 12 heteroatoms. The van der Waals surface area contributed by atoms with Crippen LogP contribution in [0, 0.1) is 27.7 Å². The molecule has 1 amide bonds. The Hall–Kier alpha value is -6.43. The molecule has 0 aliphatic carbocycles. The Morgan fingerprint density at radius 2 is 1.20 bits per heavy atom. The van der Waals surface area contributed by atoms with Crippen LogP contribution in [0.25, 0.3) is 0 Å². The fraction of sp³-hybridized carbons (Fsp3) is 0.162. The summed E-state index contributed by atoms with van der Waals surface area (Å²) in [5, 5.41) is 30.8. The molecule has 0 atom stereocenters. The van der Waals surface area contributed by atoms with E-state index in [2.05, 4.69) is 15.3 Å². The first kappa shape index (κ1) is 35.4. The summed E-state index contributed by atoms with van der Waals surface area (Å²) in [6, 6.07) is 23.1. The molecular formula is C37H35N3O9. The molecule has 2 heterocycles. The highest BCUT2D eigenvalue weighted by molar-refractivity contribution is 5.96. The van der Waals surface area contributed by atoms with Crippen LogP contribution in [0.2, 0.25) is 0 Å². The summed E-state index contributed by atoms with van der Waals surface area (Å²) in [6.07, 6.45) is 2.60. The van der Waals surface area contributed by atoms with Crippen LogP contribution in [0.15, 0.2) is 91.3 Å². The van der Waals surface area contributed by atoms with E-state index in [0.29, 0.717) is 17.2 Å². The molecule has 2 aromatic heterocycles. The van der Waals surface area contributed by atoms with E-state index in [9.17, 15) is 24.6 Å². The molecule has 3 aromatic carbocycles. The summed E-state index contributed by atoms with van der Waals surface area (Å²) in [5.74, 6) is -1.51. The minimum atomic E-state index is -1.28. The summed E-state index contributed by atoms with van der Waals surface area (Å²) < 4.78 is 16.4. The van der Waals surface area contributed by atoms with E-state index in [1.54, 1.807) is 0 Å². The summed E-state index contributed by atoms with van der Waals surface area (Å²) in [7, 11) is 0. The maximum absolute atomic E-state index is 12.2. The molecule has 0 bridgehead atoms. The summed E-state index contributed by atoms with van der Waals surface area (Å²) >= 11 is 0. The Morgan fingerprint density at radius 3 is 1.67 bits per heavy atom. The van der Waals surface area contributed by atoms with Gasteiger partial charge in [0.15, 0.2) is 22.9 Å². The first-order chi connectivity index (χ1) is 23.4. The van der Waals surface area contributed by atoms with Gasteiger partial charge in [-0.2, -0.15) is 0 Å². The predicted molar refractivity (Wildman–Crippen MR) is 179 cm³/mol. The van der Waals surface area contributed by atoms with Crippen molar-refractivity contribution in [2.45, 2.75) is 34.3 Å². The number of rotatable bonds is 10. The van der Waals surface area contributed by atoms with E-state index < -0.39 is 29.3 Å². The monoisotopic (exact) mass is 665 g/mol. The van der Waals surface area contributed by atoms with E-state index in [1.165, 1.54) is 24.5 Å². The number of aromatic nitrogens is 2. The number of aromatic hydroxyl groups is 2. The number of benzene rings is 3. The number of ether oxygens (including phenoxy) is 3. The highest BCUT2D eigenvalue weighted by Gasteiger charge is 2.17. The standard InChI is InChI=1S/C23H22N2O5.C14H13NO4/c1-15-8-9-20(16(2)10-15)30-18-11-19(26)22(24-12-18)23(28)25-13-21(27)29-14-17-6-4-3-5-7-17;1-8-3-4-12(9(2)5-8)19-10-6-11(16)13(14(17)18)15-7-10/h3-12,26H,13-14H2,1-2H3,(H,25,28);3-7,16H,1-2H3,(H,17,18). The minimum absolute atomic E-state index is 0.115. The molecule has 252 valence electrons. The Kier molecular flexibility index (Phi) is 11.9. The highest BCUT2D eigenvalue weighted by atomic mass is 16.5. The van der Waals surface area contributed by atoms with E-state index >= 15 is 0 Å². The molecule has 0 saturated heterocycles. The molecule has 0 aliphatic heterocycles. The summed E-state index contributed by atoms with van der Waals surface area (Å²) in [6.45, 7) is 7.55. The van der Waals surface area contributed by atoms with Crippen molar-refractivity contribution < 1.29 is 43.9 Å². The molecule has 0 spiro atoms. The number of aromatic carboxylic acids is 1. The van der Waals surface area contributed by atoms with E-state index in [-0.39, 0.29) is 30.3 Å². The average molecular weight is 666 g/mol. The zero-order valence-corrected chi connectivity index (χ0v) is 27.3. The predicted octanol–water partition coefficient (Wildman–Crippen LogP) is 6.56. The number of nitrogens with one attached hydrogen (secondary N) is 1. The number of carboxylic acid groups (broad SMARTS) is 1. The number of carboxylic acids is 1. The number of amides is 1. The van der Waals surface area contributed by atoms with Crippen LogP contribution in [0.1, 0.15) is 48.8 Å². The molecule has 49 heavy (non-hydrogen) atoms. The van der Waals surface area contributed by atoms with Gasteiger partial charge in [-0.3, -0.25) is 9.59 Å². The van der Waals surface area contributed by atoms with Crippen LogP contribution >= 0.6 is 0 Å². The number of hydrogen-bond acceptors (Lipinski definition) is 10. The van der Waals surface area contributed by atoms with Crippen molar-refractivity contribution in [1.82, 2.24) is 15.3 Å². The lowest BCUT2D eigenvalue weighted by Gasteiger charge is -2.11. The Balaban J connectivity index is 0.000000244. The highest BCUT2D eigenvalue weighted by Crippen LogP contribution is 2.30. The van der Waals surface area contributed by atoms with Crippen molar-refractivity contribution in [3.05, 3.63) is 130 Å². The van der Waals surface area contributed by atoms with Gasteiger partial charge in [-0.05, 0) is 56.5 Å². The van der Waals surface area contributed by atoms with Crippen LogP contribution < -0.4 is 14.8 Å². The fourth-order valence-corrected chi connectivity index (χ4v) is 4.43. The largest absolute Gasteiger partial charge is 0.505 e. The van der Waals surface area contributed by atoms with Crippen LogP contribution in [-0.4, -0.2) is 49.7 Å². The van der Waals surface area contributed by atoms with Gasteiger partial charge < -0.3 is 34.8 Å². The lowest BCUT2D eigenvalue weighted by Crippen LogP contribution is -2.31. The van der Waals surface area contributed by atoms with Gasteiger partial charge in [0.1, 0.15) is 36.1 Å². The number of hydrogen-bond donors (Lipinski definition) is 4. The number of nitrogens with zero attached hydrogens (tertiary/aromatic N) is 2. The number of aryl methyl sites for hydroxylation is 4. The van der Waals surface area contributed by atoms with Gasteiger partial charge in [0, 0.05) is 12.1 Å². The quantitative estimate of drug-likeness (QED) is 0.119. The summed E-state index contributed by atoms with van der Waals surface area (Å²) in [4.78, 5) is 42.4. The first-order valence-corrected chi connectivity index (χ1v) is 15.0. The number of carbonyl (C=O) groups is 3. The molecule has 0 unspecified atom stereocenters. The van der Waals surface area contributed by atoms with E-state index in [4.69, 9.17) is 19.3 Å². The van der Waals surface area contributed by atoms with Crippen molar-refractivity contribution >= 4 is 17.8 Å². The number of pyridine rings is 2. The molecule has 5 rings (SSSR count). The third-order valence-electron chi connectivity index (χ3n) is 6.86. The molecule has 5 aromatic rings. The lowest BCUT2D eigenvalue weighted by atomic mass is 10.1. The second-order valence-corrected chi connectivity index (χ2v) is 11.0. The molecule has 4 N–H and O–H groups in total. The van der Waals surface area contributed by atoms with Crippen molar-refractivity contribution in [1.29, 1.82) is 0 Å². The molecular weight excluding hydrogens is 630 g/mol.